The Labute approximate surface area is 196 Å². The summed E-state index contributed by atoms with van der Waals surface area (Å²) in [6.45, 7) is 4.49. The summed E-state index contributed by atoms with van der Waals surface area (Å²) in [6, 6.07) is 16.6. The molecule has 0 fully saturated rings. The number of benzene rings is 2. The lowest BCUT2D eigenvalue weighted by molar-refractivity contribution is 0.291. The van der Waals surface area contributed by atoms with E-state index in [-0.39, 0.29) is 12.0 Å². The van der Waals surface area contributed by atoms with Crippen molar-refractivity contribution in [1.29, 1.82) is 0 Å². The zero-order valence-corrected chi connectivity index (χ0v) is 19.9. The van der Waals surface area contributed by atoms with E-state index in [1.54, 1.807) is 14.2 Å². The van der Waals surface area contributed by atoms with Gasteiger partial charge in [-0.1, -0.05) is 74.6 Å². The van der Waals surface area contributed by atoms with Crippen LogP contribution in [0, 0.1) is 11.8 Å². The third-order valence-corrected chi connectivity index (χ3v) is 6.15. The number of amidine groups is 1. The molecule has 33 heavy (non-hydrogen) atoms. The molecule has 0 spiro atoms. The monoisotopic (exact) mass is 441 g/mol. The smallest absolute Gasteiger partial charge is 0.155 e. The van der Waals surface area contributed by atoms with Gasteiger partial charge in [0.2, 0.25) is 0 Å². The van der Waals surface area contributed by atoms with Crippen LogP contribution < -0.4 is 9.47 Å². The van der Waals surface area contributed by atoms with Gasteiger partial charge in [-0.25, -0.2) is 0 Å². The molecule has 0 aromatic heterocycles. The number of methoxy groups -OCH3 is 2. The first kappa shape index (κ1) is 22.6. The van der Waals surface area contributed by atoms with E-state index in [2.05, 4.69) is 80.4 Å². The van der Waals surface area contributed by atoms with E-state index in [4.69, 9.17) is 19.7 Å². The average Bonchev–Trinajstić information content (AvgIpc) is 3.10. The molecule has 0 amide bonds. The van der Waals surface area contributed by atoms with E-state index in [1.807, 2.05) is 24.3 Å². The largest absolute Gasteiger partial charge is 0.497 e. The second-order valence-electron chi connectivity index (χ2n) is 8.55. The van der Waals surface area contributed by atoms with Gasteiger partial charge in [0.05, 0.1) is 31.9 Å². The lowest BCUT2D eigenvalue weighted by Gasteiger charge is -2.37. The summed E-state index contributed by atoms with van der Waals surface area (Å²) < 4.78 is 11.1. The molecule has 0 bridgehead atoms. The SMILES string of the molecule is COc1ccc(C2=NN=C(N(C)C(c3ccccc3)C(C)C)C3=CC=CC=CC32)c(OC)c1. The highest BCUT2D eigenvalue weighted by Gasteiger charge is 2.34. The Morgan fingerprint density at radius 2 is 1.70 bits per heavy atom. The van der Waals surface area contributed by atoms with Crippen LogP contribution >= 0.6 is 0 Å². The lowest BCUT2D eigenvalue weighted by Crippen LogP contribution is -2.39. The van der Waals surface area contributed by atoms with Crippen LogP contribution in [0.3, 0.4) is 0 Å². The fourth-order valence-corrected chi connectivity index (χ4v) is 4.62. The van der Waals surface area contributed by atoms with Gasteiger partial charge in [0.1, 0.15) is 11.5 Å². The van der Waals surface area contributed by atoms with E-state index >= 15 is 0 Å². The van der Waals surface area contributed by atoms with Gasteiger partial charge >= 0.3 is 0 Å². The fraction of sp³-hybridized carbons (Fsp3) is 0.286. The zero-order chi connectivity index (χ0) is 23.4. The first-order valence-electron chi connectivity index (χ1n) is 11.3. The molecule has 1 aliphatic carbocycles. The Morgan fingerprint density at radius 3 is 2.39 bits per heavy atom. The molecule has 1 aliphatic heterocycles. The van der Waals surface area contributed by atoms with Crippen LogP contribution in [-0.4, -0.2) is 37.7 Å². The third-order valence-electron chi connectivity index (χ3n) is 6.15. The molecule has 1 heterocycles. The van der Waals surface area contributed by atoms with Crippen molar-refractivity contribution in [2.45, 2.75) is 19.9 Å². The molecular weight excluding hydrogens is 410 g/mol. The number of likely N-dealkylation sites (N-methyl/N-ethyl adjacent to an activating group) is 1. The Hall–Kier alpha value is -3.60. The van der Waals surface area contributed by atoms with Crippen molar-refractivity contribution in [3.05, 3.63) is 95.6 Å². The molecule has 2 unspecified atom stereocenters. The van der Waals surface area contributed by atoms with Gasteiger partial charge in [-0.3, -0.25) is 0 Å². The van der Waals surface area contributed by atoms with Crippen LogP contribution in [0.5, 0.6) is 11.5 Å². The molecule has 2 aromatic rings. The summed E-state index contributed by atoms with van der Waals surface area (Å²) in [5.41, 5.74) is 4.15. The van der Waals surface area contributed by atoms with Crippen molar-refractivity contribution in [1.82, 2.24) is 4.90 Å². The highest BCUT2D eigenvalue weighted by atomic mass is 16.5. The molecule has 0 saturated carbocycles. The molecule has 0 radical (unpaired) electrons. The first-order valence-corrected chi connectivity index (χ1v) is 11.3. The quantitative estimate of drug-likeness (QED) is 0.568. The normalized spacial score (nSPS) is 18.0. The minimum absolute atomic E-state index is 0.0409. The summed E-state index contributed by atoms with van der Waals surface area (Å²) in [6.07, 6.45) is 10.5. The molecular formula is C28H31N3O2. The number of hydrogen-bond donors (Lipinski definition) is 0. The molecule has 0 saturated heterocycles. The van der Waals surface area contributed by atoms with Crippen LogP contribution in [0.15, 0.2) is 94.7 Å². The number of ether oxygens (including phenoxy) is 2. The number of hydrogen-bond acceptors (Lipinski definition) is 5. The van der Waals surface area contributed by atoms with Crippen molar-refractivity contribution >= 4 is 11.5 Å². The van der Waals surface area contributed by atoms with Crippen molar-refractivity contribution in [2.75, 3.05) is 21.3 Å². The standard InChI is InChI=1S/C28H31N3O2/c1-19(2)27(20-12-8-6-9-13-20)31(3)28-23-15-11-7-10-14-22(23)26(29-30-28)24-17-16-21(32-4)18-25(24)33-5/h6-19,22,27H,1-5H3. The zero-order valence-electron chi connectivity index (χ0n) is 19.9. The van der Waals surface area contributed by atoms with Crippen LogP contribution in [0.4, 0.5) is 0 Å². The Bertz CT molecular complexity index is 1140. The Morgan fingerprint density at radius 1 is 0.909 bits per heavy atom. The van der Waals surface area contributed by atoms with Gasteiger partial charge < -0.3 is 14.4 Å². The minimum atomic E-state index is -0.0409. The van der Waals surface area contributed by atoms with Gasteiger partial charge in [-0.2, -0.15) is 5.10 Å². The predicted molar refractivity (Wildman–Crippen MR) is 135 cm³/mol. The van der Waals surface area contributed by atoms with Crippen molar-refractivity contribution in [3.8, 4) is 11.5 Å². The molecule has 5 heteroatoms. The van der Waals surface area contributed by atoms with Crippen molar-refractivity contribution in [2.24, 2.45) is 22.0 Å². The topological polar surface area (TPSA) is 46.4 Å². The number of nitrogens with zero attached hydrogens (tertiary/aromatic N) is 3. The minimum Gasteiger partial charge on any atom is -0.497 e. The van der Waals surface area contributed by atoms with E-state index in [9.17, 15) is 0 Å². The number of rotatable bonds is 6. The van der Waals surface area contributed by atoms with Gasteiger partial charge in [0, 0.05) is 24.3 Å². The molecule has 2 aliphatic rings. The maximum absolute atomic E-state index is 5.67. The van der Waals surface area contributed by atoms with Crippen LogP contribution in [0.2, 0.25) is 0 Å². The summed E-state index contributed by atoms with van der Waals surface area (Å²) in [5.74, 6) is 2.70. The molecule has 2 atom stereocenters. The summed E-state index contributed by atoms with van der Waals surface area (Å²) in [5, 5.41) is 9.52. The summed E-state index contributed by atoms with van der Waals surface area (Å²) in [4.78, 5) is 2.26. The molecule has 0 N–H and O–H groups in total. The Kier molecular flexibility index (Phi) is 6.78. The molecule has 4 rings (SSSR count). The molecule has 2 aromatic carbocycles. The molecule has 170 valence electrons. The predicted octanol–water partition coefficient (Wildman–Crippen LogP) is 5.82. The number of fused-ring (bicyclic) bond motifs is 1. The van der Waals surface area contributed by atoms with Crippen LogP contribution in [-0.2, 0) is 0 Å². The highest BCUT2D eigenvalue weighted by molar-refractivity contribution is 6.15. The lowest BCUT2D eigenvalue weighted by atomic mass is 9.86. The van der Waals surface area contributed by atoms with E-state index in [0.717, 1.165) is 34.2 Å². The van der Waals surface area contributed by atoms with Crippen molar-refractivity contribution < 1.29 is 9.47 Å². The van der Waals surface area contributed by atoms with Gasteiger partial charge in [-0.15, -0.1) is 5.10 Å². The average molecular weight is 442 g/mol. The maximum Gasteiger partial charge on any atom is 0.155 e. The van der Waals surface area contributed by atoms with Crippen LogP contribution in [0.1, 0.15) is 31.0 Å². The van der Waals surface area contributed by atoms with E-state index in [0.29, 0.717) is 5.92 Å². The van der Waals surface area contributed by atoms with Gasteiger partial charge in [-0.05, 0) is 23.6 Å². The second-order valence-corrected chi connectivity index (χ2v) is 8.55. The van der Waals surface area contributed by atoms with Crippen LogP contribution in [0.25, 0.3) is 0 Å². The van der Waals surface area contributed by atoms with Crippen molar-refractivity contribution in [3.63, 3.8) is 0 Å². The first-order chi connectivity index (χ1) is 16.0. The summed E-state index contributed by atoms with van der Waals surface area (Å²) >= 11 is 0. The Balaban J connectivity index is 1.81. The second kappa shape index (κ2) is 9.90. The van der Waals surface area contributed by atoms with Gasteiger partial charge in [0.25, 0.3) is 0 Å². The molecule has 5 nitrogen and oxygen atoms in total. The van der Waals surface area contributed by atoms with E-state index in [1.165, 1.54) is 5.56 Å². The van der Waals surface area contributed by atoms with E-state index < -0.39 is 0 Å². The maximum atomic E-state index is 5.67. The number of allylic oxidation sites excluding steroid dienone is 5. The highest BCUT2D eigenvalue weighted by Crippen LogP contribution is 2.36. The third kappa shape index (κ3) is 4.49. The fourth-order valence-electron chi connectivity index (χ4n) is 4.62. The summed E-state index contributed by atoms with van der Waals surface area (Å²) in [7, 11) is 5.43. The van der Waals surface area contributed by atoms with Gasteiger partial charge in [0.15, 0.2) is 5.84 Å².